The zero-order valence-corrected chi connectivity index (χ0v) is 10.9. The molecular formula is C13H19N3S. The van der Waals surface area contributed by atoms with E-state index >= 15 is 0 Å². The lowest BCUT2D eigenvalue weighted by molar-refractivity contribution is 0.200. The molecule has 0 bridgehead atoms. The number of pyridine rings is 1. The molecule has 0 aromatic carbocycles. The Morgan fingerprint density at radius 1 is 1.18 bits per heavy atom. The highest BCUT2D eigenvalue weighted by atomic mass is 32.2. The molecule has 0 spiro atoms. The van der Waals surface area contributed by atoms with Gasteiger partial charge in [-0.3, -0.25) is 4.90 Å². The van der Waals surface area contributed by atoms with Crippen molar-refractivity contribution in [2.24, 2.45) is 0 Å². The Labute approximate surface area is 107 Å². The molecule has 3 heterocycles. The van der Waals surface area contributed by atoms with Crippen LogP contribution in [0.1, 0.15) is 6.42 Å². The maximum absolute atomic E-state index is 4.43. The van der Waals surface area contributed by atoms with Crippen molar-refractivity contribution in [3.8, 4) is 0 Å². The summed E-state index contributed by atoms with van der Waals surface area (Å²) in [5.74, 6) is 3.82. The summed E-state index contributed by atoms with van der Waals surface area (Å²) in [7, 11) is 0. The molecule has 1 atom stereocenters. The first-order valence-corrected chi connectivity index (χ1v) is 7.57. The fourth-order valence-electron chi connectivity index (χ4n) is 2.67. The number of hydrogen-bond donors (Lipinski definition) is 0. The molecule has 0 amide bonds. The van der Waals surface area contributed by atoms with Gasteiger partial charge in [-0.1, -0.05) is 6.07 Å². The van der Waals surface area contributed by atoms with Crippen LogP contribution in [0.5, 0.6) is 0 Å². The van der Waals surface area contributed by atoms with E-state index in [4.69, 9.17) is 0 Å². The van der Waals surface area contributed by atoms with Crippen LogP contribution in [0.15, 0.2) is 24.4 Å². The van der Waals surface area contributed by atoms with E-state index in [9.17, 15) is 0 Å². The Morgan fingerprint density at radius 2 is 2.06 bits per heavy atom. The topological polar surface area (TPSA) is 19.4 Å². The average Bonchev–Trinajstić information content (AvgIpc) is 2.94. The maximum atomic E-state index is 4.43. The van der Waals surface area contributed by atoms with Gasteiger partial charge in [0.2, 0.25) is 0 Å². The van der Waals surface area contributed by atoms with Crippen LogP contribution in [0.25, 0.3) is 0 Å². The first-order valence-electron chi connectivity index (χ1n) is 6.41. The summed E-state index contributed by atoms with van der Waals surface area (Å²) in [6.45, 7) is 4.64. The van der Waals surface area contributed by atoms with E-state index in [-0.39, 0.29) is 0 Å². The van der Waals surface area contributed by atoms with Crippen LogP contribution in [0.4, 0.5) is 5.82 Å². The third-order valence-electron chi connectivity index (χ3n) is 3.71. The quantitative estimate of drug-likeness (QED) is 0.794. The smallest absolute Gasteiger partial charge is 0.128 e. The van der Waals surface area contributed by atoms with E-state index in [2.05, 4.69) is 38.7 Å². The van der Waals surface area contributed by atoms with Crippen molar-refractivity contribution in [3.05, 3.63) is 24.4 Å². The van der Waals surface area contributed by atoms with Gasteiger partial charge in [0.15, 0.2) is 0 Å². The lowest BCUT2D eigenvalue weighted by Gasteiger charge is -2.38. The third kappa shape index (κ3) is 2.58. The fraction of sp³-hybridized carbons (Fsp3) is 0.615. The summed E-state index contributed by atoms with van der Waals surface area (Å²) in [6.07, 6.45) is 3.27. The van der Waals surface area contributed by atoms with E-state index in [0.717, 1.165) is 24.9 Å². The van der Waals surface area contributed by atoms with Gasteiger partial charge >= 0.3 is 0 Å². The second kappa shape index (κ2) is 5.27. The van der Waals surface area contributed by atoms with Gasteiger partial charge in [0.1, 0.15) is 5.82 Å². The van der Waals surface area contributed by atoms with E-state index < -0.39 is 0 Å². The number of aromatic nitrogens is 1. The average molecular weight is 249 g/mol. The standard InChI is InChI=1S/C13H19N3S/c1-2-5-14-13(3-1)16-8-6-15(7-9-16)12-4-10-17-11-12/h1-3,5,12H,4,6-11H2/t12-/m1/s1. The van der Waals surface area contributed by atoms with Gasteiger partial charge in [-0.2, -0.15) is 11.8 Å². The highest BCUT2D eigenvalue weighted by molar-refractivity contribution is 7.99. The lowest BCUT2D eigenvalue weighted by atomic mass is 10.2. The number of rotatable bonds is 2. The summed E-state index contributed by atoms with van der Waals surface area (Å²) >= 11 is 2.11. The predicted octanol–water partition coefficient (Wildman–Crippen LogP) is 1.71. The number of anilines is 1. The van der Waals surface area contributed by atoms with Crippen molar-refractivity contribution >= 4 is 17.6 Å². The maximum Gasteiger partial charge on any atom is 0.128 e. The zero-order chi connectivity index (χ0) is 11.5. The van der Waals surface area contributed by atoms with E-state index in [1.54, 1.807) is 0 Å². The van der Waals surface area contributed by atoms with Gasteiger partial charge in [-0.25, -0.2) is 4.98 Å². The number of nitrogens with zero attached hydrogens (tertiary/aromatic N) is 3. The Balaban J connectivity index is 1.57. The van der Waals surface area contributed by atoms with Gasteiger partial charge in [0, 0.05) is 44.2 Å². The molecule has 4 heteroatoms. The Bertz CT molecular complexity index is 343. The Morgan fingerprint density at radius 3 is 2.71 bits per heavy atom. The largest absolute Gasteiger partial charge is 0.354 e. The minimum Gasteiger partial charge on any atom is -0.354 e. The monoisotopic (exact) mass is 249 g/mol. The van der Waals surface area contributed by atoms with Gasteiger partial charge in [-0.15, -0.1) is 0 Å². The first-order chi connectivity index (χ1) is 8.43. The minimum atomic E-state index is 0.839. The molecule has 2 fully saturated rings. The molecule has 2 aliphatic rings. The Kier molecular flexibility index (Phi) is 3.52. The molecule has 0 saturated carbocycles. The summed E-state index contributed by atoms with van der Waals surface area (Å²) in [5.41, 5.74) is 0. The zero-order valence-electron chi connectivity index (χ0n) is 10.1. The van der Waals surface area contributed by atoms with Crippen LogP contribution in [0, 0.1) is 0 Å². The summed E-state index contributed by atoms with van der Waals surface area (Å²) in [4.78, 5) is 9.50. The minimum absolute atomic E-state index is 0.839. The summed E-state index contributed by atoms with van der Waals surface area (Å²) in [6, 6.07) is 7.00. The van der Waals surface area contributed by atoms with Gasteiger partial charge < -0.3 is 4.90 Å². The summed E-state index contributed by atoms with van der Waals surface area (Å²) < 4.78 is 0. The fourth-order valence-corrected chi connectivity index (χ4v) is 3.92. The lowest BCUT2D eigenvalue weighted by Crippen LogP contribution is -2.50. The molecule has 3 rings (SSSR count). The van der Waals surface area contributed by atoms with Crippen molar-refractivity contribution in [1.82, 2.24) is 9.88 Å². The SMILES string of the molecule is c1ccc(N2CCN([C@@H]3CCSC3)CC2)nc1. The molecule has 2 aliphatic heterocycles. The molecular weight excluding hydrogens is 230 g/mol. The van der Waals surface area contributed by atoms with E-state index in [1.807, 2.05) is 12.3 Å². The highest BCUT2D eigenvalue weighted by Gasteiger charge is 2.26. The third-order valence-corrected chi connectivity index (χ3v) is 4.85. The van der Waals surface area contributed by atoms with Crippen molar-refractivity contribution in [1.29, 1.82) is 0 Å². The molecule has 0 radical (unpaired) electrons. The van der Waals surface area contributed by atoms with Crippen LogP contribution in [0.2, 0.25) is 0 Å². The van der Waals surface area contributed by atoms with Crippen molar-refractivity contribution < 1.29 is 0 Å². The van der Waals surface area contributed by atoms with Crippen LogP contribution in [-0.4, -0.2) is 53.6 Å². The molecule has 1 aromatic heterocycles. The Hall–Kier alpha value is -0.740. The van der Waals surface area contributed by atoms with Crippen LogP contribution >= 0.6 is 11.8 Å². The van der Waals surface area contributed by atoms with E-state index in [1.165, 1.54) is 31.0 Å². The van der Waals surface area contributed by atoms with Crippen LogP contribution in [-0.2, 0) is 0 Å². The predicted molar refractivity (Wildman–Crippen MR) is 73.8 cm³/mol. The van der Waals surface area contributed by atoms with Crippen molar-refractivity contribution in [3.63, 3.8) is 0 Å². The molecule has 2 saturated heterocycles. The molecule has 0 N–H and O–H groups in total. The number of piperazine rings is 1. The molecule has 3 nitrogen and oxygen atoms in total. The van der Waals surface area contributed by atoms with E-state index in [0.29, 0.717) is 0 Å². The number of thioether (sulfide) groups is 1. The van der Waals surface area contributed by atoms with Crippen LogP contribution < -0.4 is 4.90 Å². The highest BCUT2D eigenvalue weighted by Crippen LogP contribution is 2.24. The first kappa shape index (κ1) is 11.4. The van der Waals surface area contributed by atoms with Crippen LogP contribution in [0.3, 0.4) is 0 Å². The molecule has 92 valence electrons. The van der Waals surface area contributed by atoms with Crippen molar-refractivity contribution in [2.45, 2.75) is 12.5 Å². The van der Waals surface area contributed by atoms with Gasteiger partial charge in [0.05, 0.1) is 0 Å². The molecule has 0 unspecified atom stereocenters. The van der Waals surface area contributed by atoms with Crippen molar-refractivity contribution in [2.75, 3.05) is 42.6 Å². The second-order valence-corrected chi connectivity index (χ2v) is 5.88. The molecule has 17 heavy (non-hydrogen) atoms. The molecule has 1 aromatic rings. The molecule has 0 aliphatic carbocycles. The number of hydrogen-bond acceptors (Lipinski definition) is 4. The van der Waals surface area contributed by atoms with Gasteiger partial charge in [0.25, 0.3) is 0 Å². The normalized spacial score (nSPS) is 26.4. The summed E-state index contributed by atoms with van der Waals surface area (Å²) in [5, 5.41) is 0. The second-order valence-electron chi connectivity index (χ2n) is 4.73. The van der Waals surface area contributed by atoms with Gasteiger partial charge in [-0.05, 0) is 24.3 Å².